The molecule has 0 saturated heterocycles. The van der Waals surface area contributed by atoms with Gasteiger partial charge < -0.3 is 5.32 Å². The van der Waals surface area contributed by atoms with Crippen molar-refractivity contribution in [2.45, 2.75) is 33.4 Å². The monoisotopic (exact) mass is 297 g/mol. The van der Waals surface area contributed by atoms with E-state index in [2.05, 4.69) is 24.3 Å². The van der Waals surface area contributed by atoms with Crippen LogP contribution in [0.4, 0.5) is 0 Å². The lowest BCUT2D eigenvalue weighted by Gasteiger charge is -2.13. The molecule has 0 saturated carbocycles. The molecule has 0 bridgehead atoms. The third-order valence-corrected chi connectivity index (χ3v) is 3.44. The fourth-order valence-electron chi connectivity index (χ4n) is 1.78. The molecule has 1 aromatic heterocycles. The summed E-state index contributed by atoms with van der Waals surface area (Å²) in [6, 6.07) is 6.23. The molecule has 5 heteroatoms. The second kappa shape index (κ2) is 5.95. The molecule has 2 rings (SSSR count). The number of nitrogens with zero attached hydrogens (tertiary/aromatic N) is 2. The molecule has 0 spiro atoms. The number of hydrogen-bond donors (Lipinski definition) is 1. The van der Waals surface area contributed by atoms with E-state index in [1.807, 2.05) is 25.1 Å². The Morgan fingerprint density at radius 3 is 2.63 bits per heavy atom. The Morgan fingerprint density at radius 2 is 2.05 bits per heavy atom. The lowest BCUT2D eigenvalue weighted by molar-refractivity contribution is 0.586. The normalized spacial score (nSPS) is 11.3. The minimum atomic E-state index is 0.423. The molecule has 0 fully saturated rings. The van der Waals surface area contributed by atoms with Gasteiger partial charge in [0.25, 0.3) is 0 Å². The molecule has 1 heterocycles. The van der Waals surface area contributed by atoms with Crippen LogP contribution in [0, 0.1) is 6.92 Å². The first-order chi connectivity index (χ1) is 8.97. The van der Waals surface area contributed by atoms with Crippen molar-refractivity contribution in [3.8, 4) is 5.69 Å². The Morgan fingerprint density at radius 1 is 1.32 bits per heavy atom. The van der Waals surface area contributed by atoms with Gasteiger partial charge in [-0.3, -0.25) is 0 Å². The Labute approximate surface area is 123 Å². The first-order valence-electron chi connectivity index (χ1n) is 6.21. The summed E-state index contributed by atoms with van der Waals surface area (Å²) in [5.41, 5.74) is 2.90. The molecular weight excluding hydrogens is 281 g/mol. The molecule has 1 N–H and O–H groups in total. The van der Waals surface area contributed by atoms with Gasteiger partial charge in [-0.05, 0) is 24.6 Å². The van der Waals surface area contributed by atoms with E-state index in [0.717, 1.165) is 23.5 Å². The Balaban J connectivity index is 2.39. The standard InChI is InChI=1S/C14H17Cl2N3/c1-9(2)17-7-11-4-5-12(15)6-14(11)19-8-13(16)10(3)18-19/h4-6,8-9,17H,7H2,1-3H3. The molecular formula is C14H17Cl2N3. The number of benzene rings is 1. The van der Waals surface area contributed by atoms with Crippen LogP contribution in [0.25, 0.3) is 5.69 Å². The Hall–Kier alpha value is -1.03. The largest absolute Gasteiger partial charge is 0.310 e. The Bertz CT molecular complexity index is 557. The number of halogens is 2. The van der Waals surface area contributed by atoms with Crippen LogP contribution in [0.5, 0.6) is 0 Å². The fourth-order valence-corrected chi connectivity index (χ4v) is 2.07. The fraction of sp³-hybridized carbons (Fsp3) is 0.357. The molecule has 0 unspecified atom stereocenters. The lowest BCUT2D eigenvalue weighted by atomic mass is 10.1. The summed E-state index contributed by atoms with van der Waals surface area (Å²) in [6.45, 7) is 6.88. The molecule has 3 nitrogen and oxygen atoms in total. The average Bonchev–Trinajstić information content (AvgIpc) is 2.68. The summed E-state index contributed by atoms with van der Waals surface area (Å²) in [7, 11) is 0. The van der Waals surface area contributed by atoms with E-state index in [1.54, 1.807) is 10.9 Å². The Kier molecular flexibility index (Phi) is 4.50. The van der Waals surface area contributed by atoms with Crippen LogP contribution in [-0.4, -0.2) is 15.8 Å². The van der Waals surface area contributed by atoms with Crippen LogP contribution >= 0.6 is 23.2 Å². The summed E-state index contributed by atoms with van der Waals surface area (Å²) >= 11 is 12.1. The van der Waals surface area contributed by atoms with Crippen LogP contribution in [-0.2, 0) is 6.54 Å². The number of rotatable bonds is 4. The third-order valence-electron chi connectivity index (χ3n) is 2.83. The van der Waals surface area contributed by atoms with Crippen molar-refractivity contribution in [2.24, 2.45) is 0 Å². The predicted molar refractivity (Wildman–Crippen MR) is 80.3 cm³/mol. The minimum Gasteiger partial charge on any atom is -0.310 e. The van der Waals surface area contributed by atoms with Crippen molar-refractivity contribution < 1.29 is 0 Å². The van der Waals surface area contributed by atoms with Gasteiger partial charge >= 0.3 is 0 Å². The minimum absolute atomic E-state index is 0.423. The highest BCUT2D eigenvalue weighted by Crippen LogP contribution is 2.22. The summed E-state index contributed by atoms with van der Waals surface area (Å²) in [5.74, 6) is 0. The average molecular weight is 298 g/mol. The van der Waals surface area contributed by atoms with Gasteiger partial charge in [0.2, 0.25) is 0 Å². The van der Waals surface area contributed by atoms with Crippen LogP contribution in [0.3, 0.4) is 0 Å². The molecule has 1 aromatic carbocycles. The van der Waals surface area contributed by atoms with Gasteiger partial charge in [-0.2, -0.15) is 5.10 Å². The maximum atomic E-state index is 6.08. The summed E-state index contributed by atoms with van der Waals surface area (Å²) < 4.78 is 1.78. The van der Waals surface area contributed by atoms with E-state index in [4.69, 9.17) is 23.2 Å². The van der Waals surface area contributed by atoms with Gasteiger partial charge in [-0.1, -0.05) is 43.1 Å². The second-order valence-electron chi connectivity index (χ2n) is 4.82. The summed E-state index contributed by atoms with van der Waals surface area (Å²) in [6.07, 6.45) is 1.81. The quantitative estimate of drug-likeness (QED) is 0.925. The van der Waals surface area contributed by atoms with Crippen molar-refractivity contribution in [1.29, 1.82) is 0 Å². The van der Waals surface area contributed by atoms with Gasteiger partial charge in [0.1, 0.15) is 0 Å². The van der Waals surface area contributed by atoms with Gasteiger partial charge in [-0.15, -0.1) is 0 Å². The number of aryl methyl sites for hydroxylation is 1. The highest BCUT2D eigenvalue weighted by molar-refractivity contribution is 6.31. The zero-order valence-corrected chi connectivity index (χ0v) is 12.8. The van der Waals surface area contributed by atoms with Crippen molar-refractivity contribution in [3.63, 3.8) is 0 Å². The highest BCUT2D eigenvalue weighted by atomic mass is 35.5. The van der Waals surface area contributed by atoms with E-state index < -0.39 is 0 Å². The predicted octanol–water partition coefficient (Wildman–Crippen LogP) is 3.99. The van der Waals surface area contributed by atoms with E-state index >= 15 is 0 Å². The van der Waals surface area contributed by atoms with Crippen LogP contribution in [0.15, 0.2) is 24.4 Å². The summed E-state index contributed by atoms with van der Waals surface area (Å²) in [5, 5.41) is 9.15. The highest BCUT2D eigenvalue weighted by Gasteiger charge is 2.09. The van der Waals surface area contributed by atoms with Crippen molar-refractivity contribution in [2.75, 3.05) is 0 Å². The van der Waals surface area contributed by atoms with E-state index in [1.165, 1.54) is 0 Å². The van der Waals surface area contributed by atoms with E-state index in [-0.39, 0.29) is 0 Å². The maximum absolute atomic E-state index is 6.08. The van der Waals surface area contributed by atoms with Crippen molar-refractivity contribution in [3.05, 3.63) is 45.7 Å². The lowest BCUT2D eigenvalue weighted by Crippen LogP contribution is -2.22. The molecule has 0 atom stereocenters. The van der Waals surface area contributed by atoms with Gasteiger partial charge in [0, 0.05) is 23.8 Å². The zero-order valence-electron chi connectivity index (χ0n) is 11.2. The zero-order chi connectivity index (χ0) is 14.0. The van der Waals surface area contributed by atoms with Crippen LogP contribution in [0.2, 0.25) is 10.0 Å². The van der Waals surface area contributed by atoms with Crippen LogP contribution in [0.1, 0.15) is 25.1 Å². The molecule has 0 radical (unpaired) electrons. The molecule has 2 aromatic rings. The SMILES string of the molecule is Cc1nn(-c2cc(Cl)ccc2CNC(C)C)cc1Cl. The number of aromatic nitrogens is 2. The number of hydrogen-bond acceptors (Lipinski definition) is 2. The van der Waals surface area contributed by atoms with Gasteiger partial charge in [0.15, 0.2) is 0 Å². The first-order valence-corrected chi connectivity index (χ1v) is 6.97. The van der Waals surface area contributed by atoms with Gasteiger partial charge in [-0.25, -0.2) is 4.68 Å². The van der Waals surface area contributed by atoms with E-state index in [0.29, 0.717) is 16.1 Å². The van der Waals surface area contributed by atoms with Crippen LogP contribution < -0.4 is 5.32 Å². The topological polar surface area (TPSA) is 29.9 Å². The third kappa shape index (κ3) is 3.50. The molecule has 0 aliphatic heterocycles. The summed E-state index contributed by atoms with van der Waals surface area (Å²) in [4.78, 5) is 0. The second-order valence-corrected chi connectivity index (χ2v) is 5.66. The first kappa shape index (κ1) is 14.4. The maximum Gasteiger partial charge on any atom is 0.0819 e. The van der Waals surface area contributed by atoms with E-state index in [9.17, 15) is 0 Å². The molecule has 19 heavy (non-hydrogen) atoms. The molecule has 0 amide bonds. The van der Waals surface area contributed by atoms with Crippen molar-refractivity contribution in [1.82, 2.24) is 15.1 Å². The molecule has 102 valence electrons. The van der Waals surface area contributed by atoms with Crippen molar-refractivity contribution >= 4 is 23.2 Å². The number of nitrogens with one attached hydrogen (secondary N) is 1. The molecule has 0 aliphatic carbocycles. The molecule has 0 aliphatic rings. The van der Waals surface area contributed by atoms with Gasteiger partial charge in [0.05, 0.1) is 16.4 Å². The smallest absolute Gasteiger partial charge is 0.0819 e.